The van der Waals surface area contributed by atoms with Gasteiger partial charge in [-0.2, -0.15) is 5.10 Å². The summed E-state index contributed by atoms with van der Waals surface area (Å²) in [5.74, 6) is -0.0593. The number of rotatable bonds is 6. The predicted molar refractivity (Wildman–Crippen MR) is 106 cm³/mol. The van der Waals surface area contributed by atoms with Gasteiger partial charge in [-0.25, -0.2) is 9.37 Å². The third-order valence-electron chi connectivity index (χ3n) is 3.70. The van der Waals surface area contributed by atoms with Gasteiger partial charge in [0, 0.05) is 29.6 Å². The molecule has 1 aliphatic rings. The van der Waals surface area contributed by atoms with Crippen molar-refractivity contribution in [3.8, 4) is 0 Å². The molecule has 1 heterocycles. The fourth-order valence-electron chi connectivity index (χ4n) is 2.38. The van der Waals surface area contributed by atoms with Gasteiger partial charge in [-0.1, -0.05) is 18.2 Å². The molecule has 0 fully saturated rings. The van der Waals surface area contributed by atoms with Gasteiger partial charge in [0.2, 0.25) is 0 Å². The first kappa shape index (κ1) is 20.1. The van der Waals surface area contributed by atoms with Crippen molar-refractivity contribution in [3.05, 3.63) is 70.4 Å². The van der Waals surface area contributed by atoms with Crippen LogP contribution in [-0.2, 0) is 4.79 Å². The van der Waals surface area contributed by atoms with E-state index in [1.165, 1.54) is 6.08 Å². The van der Waals surface area contributed by atoms with Crippen LogP contribution in [0.3, 0.4) is 0 Å². The summed E-state index contributed by atoms with van der Waals surface area (Å²) in [6, 6.07) is 0. The molecule has 0 spiro atoms. The Morgan fingerprint density at radius 3 is 2.89 bits per heavy atom. The molecule has 7 heteroatoms. The van der Waals surface area contributed by atoms with E-state index in [9.17, 15) is 9.18 Å². The van der Waals surface area contributed by atoms with E-state index in [1.807, 2.05) is 26.0 Å². The highest BCUT2D eigenvalue weighted by Crippen LogP contribution is 2.19. The molecule has 0 aromatic carbocycles. The summed E-state index contributed by atoms with van der Waals surface area (Å²) in [7, 11) is 0. The normalized spacial score (nSPS) is 15.4. The molecule has 0 saturated heterocycles. The number of nitrogens with zero attached hydrogens (tertiary/aromatic N) is 2. The van der Waals surface area contributed by atoms with Gasteiger partial charge in [-0.05, 0) is 45.4 Å². The maximum absolute atomic E-state index is 13.7. The highest BCUT2D eigenvalue weighted by atomic mass is 19.1. The van der Waals surface area contributed by atoms with Gasteiger partial charge in [0.05, 0.1) is 11.9 Å². The third-order valence-corrected chi connectivity index (χ3v) is 3.70. The van der Waals surface area contributed by atoms with Crippen LogP contribution in [-0.4, -0.2) is 22.1 Å². The molecule has 142 valence electrons. The van der Waals surface area contributed by atoms with E-state index < -0.39 is 0 Å². The summed E-state index contributed by atoms with van der Waals surface area (Å²) in [4.78, 5) is 19.7. The Hall–Kier alpha value is -3.22. The number of hydrogen-bond acceptors (Lipinski definition) is 4. The first-order valence-electron chi connectivity index (χ1n) is 8.58. The Labute approximate surface area is 158 Å². The van der Waals surface area contributed by atoms with E-state index in [1.54, 1.807) is 38.4 Å². The van der Waals surface area contributed by atoms with Crippen molar-refractivity contribution in [2.45, 2.75) is 34.1 Å². The van der Waals surface area contributed by atoms with E-state index in [0.29, 0.717) is 17.1 Å². The SMILES string of the molecule is C/C=C\c1nc(/C=N/N/C=C(\C)NC(=O)C2=CC=C(C)C=C(F)C2)[nH]c1C. The molecule has 0 saturated carbocycles. The Kier molecular flexibility index (Phi) is 7.05. The van der Waals surface area contributed by atoms with Crippen LogP contribution in [0.4, 0.5) is 4.39 Å². The van der Waals surface area contributed by atoms with Gasteiger partial charge in [0.15, 0.2) is 5.82 Å². The lowest BCUT2D eigenvalue weighted by molar-refractivity contribution is -0.116. The lowest BCUT2D eigenvalue weighted by Crippen LogP contribution is -2.24. The Morgan fingerprint density at radius 2 is 2.15 bits per heavy atom. The van der Waals surface area contributed by atoms with Gasteiger partial charge < -0.3 is 10.3 Å². The van der Waals surface area contributed by atoms with Gasteiger partial charge in [-0.3, -0.25) is 10.2 Å². The minimum Gasteiger partial charge on any atom is -0.341 e. The number of hydrazone groups is 1. The van der Waals surface area contributed by atoms with E-state index >= 15 is 0 Å². The standard InChI is InChI=1S/C20H24FN5O/c1-5-6-18-15(4)25-19(26-18)12-23-22-11-14(3)24-20(27)16-8-7-13(2)9-17(21)10-16/h5-9,11-12,22H,10H2,1-4H3,(H,24,27)(H,25,26)/b6-5-,14-11+,23-12+. The summed E-state index contributed by atoms with van der Waals surface area (Å²) in [6.45, 7) is 7.36. The van der Waals surface area contributed by atoms with Crippen LogP contribution >= 0.6 is 0 Å². The number of carbonyl (C=O) groups is 1. The number of imidazole rings is 1. The van der Waals surface area contributed by atoms with Crippen LogP contribution in [0.5, 0.6) is 0 Å². The fraction of sp³-hybridized carbons (Fsp3) is 0.250. The highest BCUT2D eigenvalue weighted by Gasteiger charge is 2.13. The zero-order chi connectivity index (χ0) is 19.8. The van der Waals surface area contributed by atoms with E-state index in [2.05, 4.69) is 25.8 Å². The van der Waals surface area contributed by atoms with Crippen molar-refractivity contribution in [2.24, 2.45) is 5.10 Å². The molecule has 0 bridgehead atoms. The number of hydrogen-bond donors (Lipinski definition) is 3. The highest BCUT2D eigenvalue weighted by molar-refractivity contribution is 5.95. The van der Waals surface area contributed by atoms with E-state index in [0.717, 1.165) is 17.0 Å². The molecule has 1 aromatic rings. The molecule has 0 unspecified atom stereocenters. The lowest BCUT2D eigenvalue weighted by Gasteiger charge is -2.07. The van der Waals surface area contributed by atoms with Crippen molar-refractivity contribution in [2.75, 3.05) is 0 Å². The second kappa shape index (κ2) is 9.47. The average molecular weight is 369 g/mol. The maximum Gasteiger partial charge on any atom is 0.251 e. The van der Waals surface area contributed by atoms with Crippen LogP contribution in [0.15, 0.2) is 58.3 Å². The van der Waals surface area contributed by atoms with Gasteiger partial charge in [0.25, 0.3) is 5.91 Å². The molecule has 0 aliphatic heterocycles. The number of aryl methyl sites for hydroxylation is 1. The Morgan fingerprint density at radius 1 is 1.37 bits per heavy atom. The largest absolute Gasteiger partial charge is 0.341 e. The molecule has 1 amide bonds. The summed E-state index contributed by atoms with van der Waals surface area (Å²) < 4.78 is 13.7. The monoisotopic (exact) mass is 369 g/mol. The average Bonchev–Trinajstić information content (AvgIpc) is 2.84. The van der Waals surface area contributed by atoms with Crippen LogP contribution in [0, 0.1) is 6.92 Å². The Balaban J connectivity index is 1.91. The molecule has 1 aliphatic carbocycles. The van der Waals surface area contributed by atoms with Gasteiger partial charge in [0.1, 0.15) is 5.83 Å². The van der Waals surface area contributed by atoms with E-state index in [4.69, 9.17) is 0 Å². The van der Waals surface area contributed by atoms with Crippen LogP contribution in [0.1, 0.15) is 44.4 Å². The zero-order valence-electron chi connectivity index (χ0n) is 15.9. The summed E-state index contributed by atoms with van der Waals surface area (Å²) in [5.41, 5.74) is 6.23. The molecule has 3 N–H and O–H groups in total. The van der Waals surface area contributed by atoms with Crippen molar-refractivity contribution in [1.82, 2.24) is 20.7 Å². The minimum absolute atomic E-state index is 0.0229. The number of H-pyrrole nitrogens is 1. The van der Waals surface area contributed by atoms with Crippen molar-refractivity contribution < 1.29 is 9.18 Å². The number of aromatic amines is 1. The molecule has 1 aromatic heterocycles. The first-order chi connectivity index (χ1) is 12.9. The number of amides is 1. The summed E-state index contributed by atoms with van der Waals surface area (Å²) >= 11 is 0. The molecule has 0 radical (unpaired) electrons. The molecule has 27 heavy (non-hydrogen) atoms. The maximum atomic E-state index is 13.7. The second-order valence-electron chi connectivity index (χ2n) is 6.17. The summed E-state index contributed by atoms with van der Waals surface area (Å²) in [5, 5.41) is 6.74. The third kappa shape index (κ3) is 6.22. The zero-order valence-corrected chi connectivity index (χ0v) is 15.9. The first-order valence-corrected chi connectivity index (χ1v) is 8.58. The van der Waals surface area contributed by atoms with Crippen LogP contribution in [0.2, 0.25) is 0 Å². The molecule has 0 atom stereocenters. The van der Waals surface area contributed by atoms with Gasteiger partial charge in [-0.15, -0.1) is 0 Å². The molecule has 6 nitrogen and oxygen atoms in total. The Bertz CT molecular complexity index is 884. The van der Waals surface area contributed by atoms with Crippen LogP contribution in [0.25, 0.3) is 6.08 Å². The molecular weight excluding hydrogens is 345 g/mol. The van der Waals surface area contributed by atoms with E-state index in [-0.39, 0.29) is 18.2 Å². The van der Waals surface area contributed by atoms with Crippen molar-refractivity contribution >= 4 is 18.2 Å². The van der Waals surface area contributed by atoms with Crippen molar-refractivity contribution in [1.29, 1.82) is 0 Å². The quantitative estimate of drug-likeness (QED) is 0.527. The predicted octanol–water partition coefficient (Wildman–Crippen LogP) is 3.78. The summed E-state index contributed by atoms with van der Waals surface area (Å²) in [6.07, 6.45) is 11.7. The molecular formula is C20H24FN5O. The number of aromatic nitrogens is 2. The number of halogens is 1. The fourth-order valence-corrected chi connectivity index (χ4v) is 2.38. The smallest absolute Gasteiger partial charge is 0.251 e. The number of carbonyl (C=O) groups excluding carboxylic acids is 1. The van der Waals surface area contributed by atoms with Crippen LogP contribution < -0.4 is 10.7 Å². The number of nitrogens with one attached hydrogen (secondary N) is 3. The molecule has 2 rings (SSSR count). The van der Waals surface area contributed by atoms with Gasteiger partial charge >= 0.3 is 0 Å². The second-order valence-corrected chi connectivity index (χ2v) is 6.17. The van der Waals surface area contributed by atoms with Crippen molar-refractivity contribution in [3.63, 3.8) is 0 Å². The lowest BCUT2D eigenvalue weighted by atomic mass is 10.1. The minimum atomic E-state index is -0.346. The number of allylic oxidation sites excluding steroid dienone is 7. The topological polar surface area (TPSA) is 82.2 Å².